The SMILES string of the molecule is O=C(NNc1ccccn1)C1CCN1S(=O)(=O)Cc1ccccc1. The molecule has 1 saturated heterocycles. The lowest BCUT2D eigenvalue weighted by Crippen LogP contribution is -2.59. The number of anilines is 1. The van der Waals surface area contributed by atoms with Crippen molar-refractivity contribution in [2.45, 2.75) is 18.2 Å². The number of nitrogens with zero attached hydrogens (tertiary/aromatic N) is 2. The zero-order valence-corrected chi connectivity index (χ0v) is 13.7. The van der Waals surface area contributed by atoms with Crippen molar-refractivity contribution in [3.63, 3.8) is 0 Å². The molecule has 2 aromatic rings. The van der Waals surface area contributed by atoms with Gasteiger partial charge in [0, 0.05) is 12.7 Å². The van der Waals surface area contributed by atoms with Gasteiger partial charge < -0.3 is 0 Å². The third-order valence-electron chi connectivity index (χ3n) is 3.80. The highest BCUT2D eigenvalue weighted by molar-refractivity contribution is 7.88. The number of nitrogens with one attached hydrogen (secondary N) is 2. The molecule has 1 fully saturated rings. The molecule has 0 spiro atoms. The van der Waals surface area contributed by atoms with Crippen molar-refractivity contribution in [2.24, 2.45) is 0 Å². The Morgan fingerprint density at radius 1 is 1.17 bits per heavy atom. The van der Waals surface area contributed by atoms with Crippen LogP contribution in [0.3, 0.4) is 0 Å². The van der Waals surface area contributed by atoms with Crippen LogP contribution in [0.5, 0.6) is 0 Å². The quantitative estimate of drug-likeness (QED) is 0.765. The van der Waals surface area contributed by atoms with Gasteiger partial charge in [-0.25, -0.2) is 13.4 Å². The number of aromatic nitrogens is 1. The van der Waals surface area contributed by atoms with E-state index in [9.17, 15) is 13.2 Å². The van der Waals surface area contributed by atoms with Gasteiger partial charge >= 0.3 is 0 Å². The van der Waals surface area contributed by atoms with E-state index in [0.717, 1.165) is 0 Å². The molecular formula is C16H18N4O3S. The van der Waals surface area contributed by atoms with Crippen molar-refractivity contribution < 1.29 is 13.2 Å². The zero-order chi connectivity index (χ0) is 17.0. The molecule has 0 saturated carbocycles. The van der Waals surface area contributed by atoms with Crippen LogP contribution < -0.4 is 10.9 Å². The Morgan fingerprint density at radius 3 is 2.54 bits per heavy atom. The van der Waals surface area contributed by atoms with Crippen molar-refractivity contribution in [1.82, 2.24) is 14.7 Å². The third kappa shape index (κ3) is 3.72. The summed E-state index contributed by atoms with van der Waals surface area (Å²) in [6.07, 6.45) is 2.10. The van der Waals surface area contributed by atoms with E-state index in [4.69, 9.17) is 0 Å². The summed E-state index contributed by atoms with van der Waals surface area (Å²) in [7, 11) is -3.52. The lowest BCUT2D eigenvalue weighted by Gasteiger charge is -2.38. The van der Waals surface area contributed by atoms with Crippen LogP contribution in [0.15, 0.2) is 54.7 Å². The maximum Gasteiger partial charge on any atom is 0.256 e. The summed E-state index contributed by atoms with van der Waals surface area (Å²) in [6.45, 7) is 0.358. The summed E-state index contributed by atoms with van der Waals surface area (Å²) in [6, 6.07) is 13.5. The molecule has 1 aliphatic rings. The van der Waals surface area contributed by atoms with Gasteiger partial charge in [-0.1, -0.05) is 36.4 Å². The molecule has 1 aliphatic heterocycles. The molecule has 126 valence electrons. The third-order valence-corrected chi connectivity index (χ3v) is 5.65. The van der Waals surface area contributed by atoms with Gasteiger partial charge in [0.1, 0.15) is 11.9 Å². The summed E-state index contributed by atoms with van der Waals surface area (Å²) in [5.41, 5.74) is 5.90. The van der Waals surface area contributed by atoms with Gasteiger partial charge in [0.25, 0.3) is 5.91 Å². The summed E-state index contributed by atoms with van der Waals surface area (Å²) in [5, 5.41) is 0. The minimum absolute atomic E-state index is 0.106. The second kappa shape index (κ2) is 6.98. The van der Waals surface area contributed by atoms with Crippen LogP contribution in [0, 0.1) is 0 Å². The topological polar surface area (TPSA) is 91.4 Å². The molecule has 0 bridgehead atoms. The van der Waals surface area contributed by atoms with Gasteiger partial charge in [-0.3, -0.25) is 15.6 Å². The van der Waals surface area contributed by atoms with Crippen molar-refractivity contribution in [3.05, 3.63) is 60.3 Å². The van der Waals surface area contributed by atoms with Crippen LogP contribution in [0.25, 0.3) is 0 Å². The first kappa shape index (κ1) is 16.4. The minimum Gasteiger partial charge on any atom is -0.282 e. The second-order valence-corrected chi connectivity index (χ2v) is 7.41. The fourth-order valence-electron chi connectivity index (χ4n) is 2.47. The Bertz CT molecular complexity index is 797. The van der Waals surface area contributed by atoms with E-state index in [1.807, 2.05) is 6.07 Å². The van der Waals surface area contributed by atoms with Crippen molar-refractivity contribution in [2.75, 3.05) is 12.0 Å². The van der Waals surface area contributed by atoms with Gasteiger partial charge in [-0.2, -0.15) is 4.31 Å². The lowest BCUT2D eigenvalue weighted by atomic mass is 10.1. The highest BCUT2D eigenvalue weighted by atomic mass is 32.2. The monoisotopic (exact) mass is 346 g/mol. The van der Waals surface area contributed by atoms with E-state index in [-0.39, 0.29) is 11.7 Å². The number of amides is 1. The molecule has 1 amide bonds. The van der Waals surface area contributed by atoms with Crippen molar-refractivity contribution >= 4 is 21.7 Å². The summed E-state index contributed by atoms with van der Waals surface area (Å²) < 4.78 is 26.2. The van der Waals surface area contributed by atoms with Gasteiger partial charge in [0.2, 0.25) is 10.0 Å². The molecule has 3 rings (SSSR count). The Hall–Kier alpha value is -2.45. The molecule has 8 heteroatoms. The Morgan fingerprint density at radius 2 is 1.92 bits per heavy atom. The molecule has 0 aliphatic carbocycles. The standard InChI is InChI=1S/C16H18N4O3S/c21-16(19-18-15-8-4-5-10-17-15)14-9-11-20(14)24(22,23)12-13-6-2-1-3-7-13/h1-8,10,14H,9,11-12H2,(H,17,18)(H,19,21). The highest BCUT2D eigenvalue weighted by Crippen LogP contribution is 2.24. The Balaban J connectivity index is 1.60. The fourth-order valence-corrected chi connectivity index (χ4v) is 4.22. The van der Waals surface area contributed by atoms with Gasteiger partial charge in [0.05, 0.1) is 5.75 Å². The van der Waals surface area contributed by atoms with Crippen molar-refractivity contribution in [3.8, 4) is 0 Å². The van der Waals surface area contributed by atoms with E-state index in [2.05, 4.69) is 15.8 Å². The molecule has 7 nitrogen and oxygen atoms in total. The lowest BCUT2D eigenvalue weighted by molar-refractivity contribution is -0.127. The number of hydrogen-bond donors (Lipinski definition) is 2. The van der Waals surface area contributed by atoms with Crippen LogP contribution in [-0.4, -0.2) is 36.2 Å². The zero-order valence-electron chi connectivity index (χ0n) is 12.9. The number of hydrogen-bond acceptors (Lipinski definition) is 5. The fraction of sp³-hybridized carbons (Fsp3) is 0.250. The van der Waals surface area contributed by atoms with E-state index < -0.39 is 16.1 Å². The van der Waals surface area contributed by atoms with Crippen molar-refractivity contribution in [1.29, 1.82) is 0 Å². The molecule has 2 N–H and O–H groups in total. The molecular weight excluding hydrogens is 328 g/mol. The van der Waals surface area contributed by atoms with E-state index >= 15 is 0 Å². The first-order chi connectivity index (χ1) is 11.6. The second-order valence-electron chi connectivity index (χ2n) is 5.49. The summed E-state index contributed by atoms with van der Waals surface area (Å²) >= 11 is 0. The smallest absolute Gasteiger partial charge is 0.256 e. The maximum atomic E-state index is 12.5. The molecule has 24 heavy (non-hydrogen) atoms. The largest absolute Gasteiger partial charge is 0.282 e. The predicted octanol–water partition coefficient (Wildman–Crippen LogP) is 1.13. The number of rotatable bonds is 6. The Kier molecular flexibility index (Phi) is 4.77. The average Bonchev–Trinajstić information content (AvgIpc) is 2.53. The number of carbonyl (C=O) groups is 1. The van der Waals surface area contributed by atoms with Gasteiger partial charge in [-0.05, 0) is 24.1 Å². The predicted molar refractivity (Wildman–Crippen MR) is 90.2 cm³/mol. The van der Waals surface area contributed by atoms with E-state index in [1.165, 1.54) is 4.31 Å². The molecule has 1 atom stereocenters. The first-order valence-corrected chi connectivity index (χ1v) is 9.17. The Labute approximate surface area is 140 Å². The normalized spacial score (nSPS) is 17.8. The van der Waals surface area contributed by atoms with Crippen LogP contribution in [0.2, 0.25) is 0 Å². The number of sulfonamides is 1. The maximum absolute atomic E-state index is 12.5. The van der Waals surface area contributed by atoms with Gasteiger partial charge in [0.15, 0.2) is 0 Å². The summed E-state index contributed by atoms with van der Waals surface area (Å²) in [5.74, 6) is -0.00178. The number of benzene rings is 1. The molecule has 2 heterocycles. The molecule has 0 radical (unpaired) electrons. The van der Waals surface area contributed by atoms with Gasteiger partial charge in [-0.15, -0.1) is 0 Å². The number of hydrazine groups is 1. The van der Waals surface area contributed by atoms with Crippen LogP contribution in [0.1, 0.15) is 12.0 Å². The number of carbonyl (C=O) groups excluding carboxylic acids is 1. The molecule has 1 aromatic heterocycles. The van der Waals surface area contributed by atoms with Crippen LogP contribution in [-0.2, 0) is 20.6 Å². The average molecular weight is 346 g/mol. The summed E-state index contributed by atoms with van der Waals surface area (Å²) in [4.78, 5) is 16.2. The first-order valence-electron chi connectivity index (χ1n) is 7.56. The minimum atomic E-state index is -3.52. The number of pyridine rings is 1. The molecule has 1 aromatic carbocycles. The van der Waals surface area contributed by atoms with Crippen LogP contribution in [0.4, 0.5) is 5.82 Å². The van der Waals surface area contributed by atoms with Crippen LogP contribution >= 0.6 is 0 Å². The molecule has 1 unspecified atom stereocenters. The van der Waals surface area contributed by atoms with E-state index in [1.54, 1.807) is 48.7 Å². The highest BCUT2D eigenvalue weighted by Gasteiger charge is 2.41. The van der Waals surface area contributed by atoms with E-state index in [0.29, 0.717) is 24.3 Å².